The van der Waals surface area contributed by atoms with Gasteiger partial charge >= 0.3 is 0 Å². The molecule has 0 amide bonds. The number of fused-ring (bicyclic) bond motifs is 9. The normalized spacial score (nSPS) is 11.7. The second-order valence-corrected chi connectivity index (χ2v) is 12.0. The van der Waals surface area contributed by atoms with Crippen molar-refractivity contribution in [3.8, 4) is 28.9 Å². The lowest BCUT2D eigenvalue weighted by Crippen LogP contribution is -2.00. The third-order valence-corrected chi connectivity index (χ3v) is 9.44. The van der Waals surface area contributed by atoms with Gasteiger partial charge in [0.2, 0.25) is 0 Å². The van der Waals surface area contributed by atoms with Crippen molar-refractivity contribution in [2.75, 3.05) is 0 Å². The molecular weight excluding hydrogens is 590 g/mol. The van der Waals surface area contributed by atoms with Crippen molar-refractivity contribution in [3.05, 3.63) is 157 Å². The van der Waals surface area contributed by atoms with Gasteiger partial charge in [-0.2, -0.15) is 5.26 Å². The fraction of sp³-hybridized carbons (Fsp3) is 0. The van der Waals surface area contributed by atoms with E-state index in [-0.39, 0.29) is 0 Å². The first kappa shape index (κ1) is 26.4. The van der Waals surface area contributed by atoms with Crippen molar-refractivity contribution in [2.24, 2.45) is 0 Å². The minimum Gasteiger partial charge on any atom is -0.452 e. The zero-order valence-corrected chi connectivity index (χ0v) is 25.6. The Bertz CT molecular complexity index is 2900. The van der Waals surface area contributed by atoms with E-state index >= 15 is 0 Å². The predicted octanol–water partition coefficient (Wildman–Crippen LogP) is 11.4. The molecule has 0 unspecified atom stereocenters. The van der Waals surface area contributed by atoms with E-state index in [9.17, 15) is 5.26 Å². The van der Waals surface area contributed by atoms with Crippen LogP contribution in [0.25, 0.3) is 76.9 Å². The molecule has 0 N–H and O–H groups in total. The number of para-hydroxylation sites is 5. The van der Waals surface area contributed by atoms with Gasteiger partial charge in [-0.25, -0.2) is 0 Å². The second-order valence-electron chi connectivity index (χ2n) is 12.0. The van der Waals surface area contributed by atoms with Crippen LogP contribution in [0.4, 0.5) is 0 Å². The largest absolute Gasteiger partial charge is 0.452 e. The van der Waals surface area contributed by atoms with Gasteiger partial charge in [-0.3, -0.25) is 0 Å². The van der Waals surface area contributed by atoms with Gasteiger partial charge < -0.3 is 18.3 Å². The maximum Gasteiger partial charge on any atom is 0.177 e. The van der Waals surface area contributed by atoms with Gasteiger partial charge in [0.25, 0.3) is 0 Å². The highest BCUT2D eigenvalue weighted by atomic mass is 16.5. The van der Waals surface area contributed by atoms with Gasteiger partial charge in [0, 0.05) is 38.0 Å². The van der Waals surface area contributed by atoms with Crippen LogP contribution >= 0.6 is 0 Å². The van der Waals surface area contributed by atoms with E-state index in [1.165, 1.54) is 10.8 Å². The lowest BCUT2D eigenvalue weighted by Gasteiger charge is -2.14. The van der Waals surface area contributed by atoms with Crippen molar-refractivity contribution in [2.45, 2.75) is 0 Å². The Balaban J connectivity index is 1.17. The monoisotopic (exact) mass is 615 g/mol. The predicted molar refractivity (Wildman–Crippen MR) is 194 cm³/mol. The Hall–Kier alpha value is -6.77. The fourth-order valence-electron chi connectivity index (χ4n) is 7.38. The smallest absolute Gasteiger partial charge is 0.177 e. The number of ether oxygens (including phenoxy) is 1. The van der Waals surface area contributed by atoms with Crippen LogP contribution < -0.4 is 4.74 Å². The lowest BCUT2D eigenvalue weighted by atomic mass is 10.1. The number of rotatable bonds is 4. The van der Waals surface area contributed by atoms with Gasteiger partial charge in [-0.15, -0.1) is 0 Å². The van der Waals surface area contributed by atoms with Crippen LogP contribution in [-0.4, -0.2) is 9.13 Å². The molecule has 48 heavy (non-hydrogen) atoms. The molecule has 0 radical (unpaired) electrons. The average molecular weight is 616 g/mol. The van der Waals surface area contributed by atoms with E-state index in [0.717, 1.165) is 60.6 Å². The second kappa shape index (κ2) is 10.1. The van der Waals surface area contributed by atoms with Crippen molar-refractivity contribution >= 4 is 65.6 Å². The quantitative estimate of drug-likeness (QED) is 0.198. The zero-order chi connectivity index (χ0) is 31.8. The molecule has 10 aromatic rings. The standard InChI is InChI=1S/C43H25N3O2/c44-26-34-38(19-10-21-41(34)47-42-22-9-15-32-31-14-4-8-20-40(31)48-43(32)42)46-37-18-7-3-13-30(37)33-25-27(23-24-39(33)46)45-35-16-5-1-11-28(35)29-12-2-6-17-36(29)45/h1-25H. The molecule has 0 aliphatic rings. The van der Waals surface area contributed by atoms with E-state index < -0.39 is 0 Å². The number of nitrogens with zero attached hydrogens (tertiary/aromatic N) is 3. The molecular formula is C43H25N3O2. The maximum absolute atomic E-state index is 10.6. The van der Waals surface area contributed by atoms with Crippen LogP contribution in [0, 0.1) is 11.3 Å². The molecule has 224 valence electrons. The van der Waals surface area contributed by atoms with Gasteiger partial charge in [0.05, 0.1) is 27.8 Å². The molecule has 0 aliphatic carbocycles. The SMILES string of the molecule is N#Cc1c(Oc2cccc3c2oc2ccccc23)cccc1-n1c2ccccc2c2cc(-n3c4ccccc4c4ccccc43)ccc21. The highest BCUT2D eigenvalue weighted by Gasteiger charge is 2.20. The Morgan fingerprint density at radius 3 is 1.77 bits per heavy atom. The molecule has 0 saturated carbocycles. The minimum atomic E-state index is 0.444. The molecule has 5 nitrogen and oxygen atoms in total. The van der Waals surface area contributed by atoms with Crippen molar-refractivity contribution in [1.82, 2.24) is 9.13 Å². The fourth-order valence-corrected chi connectivity index (χ4v) is 7.38. The summed E-state index contributed by atoms with van der Waals surface area (Å²) in [5, 5.41) is 17.3. The zero-order valence-electron chi connectivity index (χ0n) is 25.6. The van der Waals surface area contributed by atoms with E-state index in [1.807, 2.05) is 66.7 Å². The van der Waals surface area contributed by atoms with Crippen LogP contribution in [0.15, 0.2) is 156 Å². The molecule has 0 spiro atoms. The van der Waals surface area contributed by atoms with Gasteiger partial charge in [0.1, 0.15) is 23.0 Å². The summed E-state index contributed by atoms with van der Waals surface area (Å²) < 4.78 is 17.3. The summed E-state index contributed by atoms with van der Waals surface area (Å²) in [6.07, 6.45) is 0. The summed E-state index contributed by atoms with van der Waals surface area (Å²) >= 11 is 0. The third kappa shape index (κ3) is 3.72. The van der Waals surface area contributed by atoms with E-state index in [2.05, 4.69) is 100 Å². The van der Waals surface area contributed by atoms with E-state index in [0.29, 0.717) is 22.6 Å². The van der Waals surface area contributed by atoms with Crippen molar-refractivity contribution in [3.63, 3.8) is 0 Å². The van der Waals surface area contributed by atoms with Crippen LogP contribution in [0.2, 0.25) is 0 Å². The van der Waals surface area contributed by atoms with Crippen LogP contribution in [-0.2, 0) is 0 Å². The highest BCUT2D eigenvalue weighted by molar-refractivity contribution is 6.12. The molecule has 7 aromatic carbocycles. The van der Waals surface area contributed by atoms with Crippen LogP contribution in [0.1, 0.15) is 5.56 Å². The Morgan fingerprint density at radius 1 is 0.479 bits per heavy atom. The molecule has 10 rings (SSSR count). The first-order valence-corrected chi connectivity index (χ1v) is 15.9. The molecule has 5 heteroatoms. The summed E-state index contributed by atoms with van der Waals surface area (Å²) in [6, 6.07) is 54.1. The average Bonchev–Trinajstić information content (AvgIpc) is 3.80. The highest BCUT2D eigenvalue weighted by Crippen LogP contribution is 2.41. The third-order valence-electron chi connectivity index (χ3n) is 9.44. The maximum atomic E-state index is 10.6. The topological polar surface area (TPSA) is 56.0 Å². The van der Waals surface area contributed by atoms with Gasteiger partial charge in [0.15, 0.2) is 11.3 Å². The van der Waals surface area contributed by atoms with Gasteiger partial charge in [-0.05, 0) is 60.7 Å². The molecule has 0 aliphatic heterocycles. The van der Waals surface area contributed by atoms with Crippen molar-refractivity contribution in [1.29, 1.82) is 5.26 Å². The molecule has 0 atom stereocenters. The van der Waals surface area contributed by atoms with Crippen LogP contribution in [0.5, 0.6) is 11.5 Å². The number of furan rings is 1. The summed E-state index contributed by atoms with van der Waals surface area (Å²) in [7, 11) is 0. The Labute approximate surface area is 274 Å². The summed E-state index contributed by atoms with van der Waals surface area (Å²) in [4.78, 5) is 0. The van der Waals surface area contributed by atoms with Crippen molar-refractivity contribution < 1.29 is 9.15 Å². The number of hydrogen-bond acceptors (Lipinski definition) is 3. The lowest BCUT2D eigenvalue weighted by molar-refractivity contribution is 0.475. The molecule has 0 saturated heterocycles. The van der Waals surface area contributed by atoms with Crippen LogP contribution in [0.3, 0.4) is 0 Å². The summed E-state index contributed by atoms with van der Waals surface area (Å²) in [5.41, 5.74) is 8.08. The molecule has 3 heterocycles. The number of benzene rings is 7. The number of hydrogen-bond donors (Lipinski definition) is 0. The van der Waals surface area contributed by atoms with E-state index in [1.54, 1.807) is 0 Å². The van der Waals surface area contributed by atoms with Gasteiger partial charge in [-0.1, -0.05) is 91.0 Å². The summed E-state index contributed by atoms with van der Waals surface area (Å²) in [6.45, 7) is 0. The van der Waals surface area contributed by atoms with E-state index in [4.69, 9.17) is 9.15 Å². The molecule has 3 aromatic heterocycles. The summed E-state index contributed by atoms with van der Waals surface area (Å²) in [5.74, 6) is 1.03. The number of aromatic nitrogens is 2. The Morgan fingerprint density at radius 2 is 1.04 bits per heavy atom. The Kier molecular flexibility index (Phi) is 5.57. The molecule has 0 bridgehead atoms. The molecule has 0 fully saturated rings. The first-order valence-electron chi connectivity index (χ1n) is 15.9. The number of nitriles is 1. The first-order chi connectivity index (χ1) is 23.8. The minimum absolute atomic E-state index is 0.444.